The summed E-state index contributed by atoms with van der Waals surface area (Å²) in [5, 5.41) is 5.79. The van der Waals surface area contributed by atoms with Gasteiger partial charge in [-0.25, -0.2) is 17.8 Å². The SMILES string of the molecule is O=C(NC(=S)Nc1nc2ccc(F)cc2s1)c1ccc(S(=O)(=O)N2CCCC2)cc1. The molecule has 1 aliphatic rings. The van der Waals surface area contributed by atoms with Crippen LogP contribution in [0.15, 0.2) is 47.4 Å². The van der Waals surface area contributed by atoms with Crippen LogP contribution in [0, 0.1) is 5.82 Å². The molecule has 0 radical (unpaired) electrons. The lowest BCUT2D eigenvalue weighted by Crippen LogP contribution is -2.34. The van der Waals surface area contributed by atoms with Gasteiger partial charge in [-0.3, -0.25) is 10.1 Å². The van der Waals surface area contributed by atoms with E-state index in [0.29, 0.717) is 28.4 Å². The Kier molecular flexibility index (Phi) is 5.78. The van der Waals surface area contributed by atoms with E-state index in [1.54, 1.807) is 6.07 Å². The second-order valence-electron chi connectivity index (χ2n) is 6.67. The molecule has 3 aromatic rings. The molecule has 1 aliphatic heterocycles. The van der Waals surface area contributed by atoms with Crippen LogP contribution in [0.1, 0.15) is 23.2 Å². The smallest absolute Gasteiger partial charge is 0.257 e. The van der Waals surface area contributed by atoms with Crippen LogP contribution >= 0.6 is 23.6 Å². The number of sulfonamides is 1. The van der Waals surface area contributed by atoms with Gasteiger partial charge in [-0.1, -0.05) is 11.3 Å². The van der Waals surface area contributed by atoms with Gasteiger partial charge in [0.15, 0.2) is 10.2 Å². The molecule has 1 aromatic heterocycles. The Bertz CT molecular complexity index is 1220. The fourth-order valence-corrected chi connectivity index (χ4v) is 5.78. The topological polar surface area (TPSA) is 91.4 Å². The van der Waals surface area contributed by atoms with Gasteiger partial charge in [0, 0.05) is 18.7 Å². The van der Waals surface area contributed by atoms with Crippen LogP contribution in [0.2, 0.25) is 0 Å². The van der Waals surface area contributed by atoms with Crippen molar-refractivity contribution in [3.05, 3.63) is 53.8 Å². The maximum atomic E-state index is 13.3. The zero-order valence-corrected chi connectivity index (χ0v) is 18.0. The first-order chi connectivity index (χ1) is 14.3. The molecule has 0 atom stereocenters. The van der Waals surface area contributed by atoms with Gasteiger partial charge >= 0.3 is 0 Å². The van der Waals surface area contributed by atoms with Crippen LogP contribution in [-0.2, 0) is 10.0 Å². The van der Waals surface area contributed by atoms with E-state index in [1.807, 2.05) is 0 Å². The van der Waals surface area contributed by atoms with Gasteiger partial charge in [0.05, 0.1) is 15.1 Å². The monoisotopic (exact) mass is 464 g/mol. The van der Waals surface area contributed by atoms with Gasteiger partial charge < -0.3 is 5.32 Å². The molecule has 1 saturated heterocycles. The van der Waals surface area contributed by atoms with Crippen molar-refractivity contribution in [2.45, 2.75) is 17.7 Å². The Hall–Kier alpha value is -2.47. The molecular weight excluding hydrogens is 447 g/mol. The Balaban J connectivity index is 1.41. The third-order valence-corrected chi connectivity index (χ3v) is 7.67. The van der Waals surface area contributed by atoms with Crippen molar-refractivity contribution in [1.29, 1.82) is 0 Å². The predicted octanol–water partition coefficient (Wildman–Crippen LogP) is 3.35. The summed E-state index contributed by atoms with van der Waals surface area (Å²) in [6, 6.07) is 9.98. The van der Waals surface area contributed by atoms with Crippen LogP contribution in [0.5, 0.6) is 0 Å². The molecule has 7 nitrogen and oxygen atoms in total. The van der Waals surface area contributed by atoms with E-state index in [9.17, 15) is 17.6 Å². The minimum absolute atomic E-state index is 0.0355. The van der Waals surface area contributed by atoms with Crippen molar-refractivity contribution in [3.63, 3.8) is 0 Å². The van der Waals surface area contributed by atoms with Gasteiger partial charge in [0.2, 0.25) is 10.0 Å². The number of benzene rings is 2. The molecule has 0 aliphatic carbocycles. The van der Waals surface area contributed by atoms with Gasteiger partial charge in [-0.15, -0.1) is 0 Å². The van der Waals surface area contributed by atoms with E-state index in [1.165, 1.54) is 52.0 Å². The number of carbonyl (C=O) groups excluding carboxylic acids is 1. The number of rotatable bonds is 4. The summed E-state index contributed by atoms with van der Waals surface area (Å²) in [5.41, 5.74) is 0.888. The summed E-state index contributed by atoms with van der Waals surface area (Å²) in [6.07, 6.45) is 1.71. The van der Waals surface area contributed by atoms with E-state index < -0.39 is 15.9 Å². The van der Waals surface area contributed by atoms with Gasteiger partial charge in [0.25, 0.3) is 5.91 Å². The highest BCUT2D eigenvalue weighted by atomic mass is 32.2. The van der Waals surface area contributed by atoms with Crippen LogP contribution in [-0.4, -0.2) is 41.8 Å². The van der Waals surface area contributed by atoms with Crippen LogP contribution in [0.4, 0.5) is 9.52 Å². The molecule has 4 rings (SSSR count). The summed E-state index contributed by atoms with van der Waals surface area (Å²) in [7, 11) is -3.53. The summed E-state index contributed by atoms with van der Waals surface area (Å²) < 4.78 is 40.5. The van der Waals surface area contributed by atoms with E-state index in [0.717, 1.165) is 12.8 Å². The van der Waals surface area contributed by atoms with Crippen LogP contribution < -0.4 is 10.6 Å². The standard InChI is InChI=1S/C19H17FN4O3S3/c20-13-5-8-15-16(11-13)29-19(21-15)23-18(28)22-17(25)12-3-6-14(7-4-12)30(26,27)24-9-1-2-10-24/h3-8,11H,1-2,9-10H2,(H2,21,22,23,25,28). The van der Waals surface area contributed by atoms with E-state index in [2.05, 4.69) is 15.6 Å². The quantitative estimate of drug-likeness (QED) is 0.576. The van der Waals surface area contributed by atoms with E-state index in [4.69, 9.17) is 12.2 Å². The minimum Gasteiger partial charge on any atom is -0.308 e. The molecule has 0 unspecified atom stereocenters. The van der Waals surface area contributed by atoms with Gasteiger partial charge in [-0.05, 0) is 67.5 Å². The fourth-order valence-electron chi connectivity index (χ4n) is 3.11. The third kappa shape index (κ3) is 4.33. The number of nitrogens with zero attached hydrogens (tertiary/aromatic N) is 2. The number of thiazole rings is 1. The second-order valence-corrected chi connectivity index (χ2v) is 10.1. The molecule has 0 spiro atoms. The average molecular weight is 465 g/mol. The number of anilines is 1. The molecule has 156 valence electrons. The number of thiocarbonyl (C=S) groups is 1. The highest BCUT2D eigenvalue weighted by molar-refractivity contribution is 7.89. The minimum atomic E-state index is -3.53. The molecule has 2 N–H and O–H groups in total. The number of carbonyl (C=O) groups is 1. The van der Waals surface area contributed by atoms with Crippen molar-refractivity contribution in [3.8, 4) is 0 Å². The molecule has 2 aromatic carbocycles. The highest BCUT2D eigenvalue weighted by Crippen LogP contribution is 2.26. The Morgan fingerprint density at radius 1 is 1.13 bits per heavy atom. The first-order valence-corrected chi connectivity index (χ1v) is 11.8. The Morgan fingerprint density at radius 3 is 2.53 bits per heavy atom. The fraction of sp³-hybridized carbons (Fsp3) is 0.211. The zero-order valence-electron chi connectivity index (χ0n) is 15.6. The lowest BCUT2D eigenvalue weighted by molar-refractivity contribution is 0.0977. The molecule has 1 amide bonds. The maximum absolute atomic E-state index is 13.3. The molecule has 0 bridgehead atoms. The lowest BCUT2D eigenvalue weighted by Gasteiger charge is -2.15. The number of aromatic nitrogens is 1. The number of hydrogen-bond donors (Lipinski definition) is 2. The van der Waals surface area contributed by atoms with E-state index in [-0.39, 0.29) is 21.4 Å². The Morgan fingerprint density at radius 2 is 1.83 bits per heavy atom. The summed E-state index contributed by atoms with van der Waals surface area (Å²) in [5.74, 6) is -0.839. The summed E-state index contributed by atoms with van der Waals surface area (Å²) >= 11 is 6.35. The van der Waals surface area contributed by atoms with Crippen molar-refractivity contribution in [1.82, 2.24) is 14.6 Å². The summed E-state index contributed by atoms with van der Waals surface area (Å²) in [6.45, 7) is 1.03. The molecule has 1 fully saturated rings. The van der Waals surface area contributed by atoms with Crippen molar-refractivity contribution < 1.29 is 17.6 Å². The number of nitrogens with one attached hydrogen (secondary N) is 2. The largest absolute Gasteiger partial charge is 0.308 e. The first kappa shape index (κ1) is 20.8. The third-order valence-electron chi connectivity index (χ3n) is 4.62. The van der Waals surface area contributed by atoms with Gasteiger partial charge in [-0.2, -0.15) is 4.31 Å². The number of amides is 1. The average Bonchev–Trinajstić information content (AvgIpc) is 3.37. The lowest BCUT2D eigenvalue weighted by atomic mass is 10.2. The molecule has 11 heteroatoms. The normalized spacial score (nSPS) is 14.7. The van der Waals surface area contributed by atoms with Crippen LogP contribution in [0.3, 0.4) is 0 Å². The maximum Gasteiger partial charge on any atom is 0.257 e. The van der Waals surface area contributed by atoms with Crippen LogP contribution in [0.25, 0.3) is 10.2 Å². The predicted molar refractivity (Wildman–Crippen MR) is 118 cm³/mol. The number of hydrogen-bond acceptors (Lipinski definition) is 6. The highest BCUT2D eigenvalue weighted by Gasteiger charge is 2.27. The molecule has 0 saturated carbocycles. The first-order valence-electron chi connectivity index (χ1n) is 9.11. The molecule has 2 heterocycles. The zero-order chi connectivity index (χ0) is 21.3. The van der Waals surface area contributed by atoms with Crippen molar-refractivity contribution in [2.75, 3.05) is 18.4 Å². The second kappa shape index (κ2) is 8.34. The van der Waals surface area contributed by atoms with Crippen molar-refractivity contribution in [2.24, 2.45) is 0 Å². The molecular formula is C19H17FN4O3S3. The van der Waals surface area contributed by atoms with Crippen molar-refractivity contribution >= 4 is 59.9 Å². The number of fused-ring (bicyclic) bond motifs is 1. The molecule has 30 heavy (non-hydrogen) atoms. The van der Waals surface area contributed by atoms with Gasteiger partial charge in [0.1, 0.15) is 5.82 Å². The number of halogens is 1. The summed E-state index contributed by atoms with van der Waals surface area (Å²) in [4.78, 5) is 16.9. The Labute approximate surface area is 182 Å². The van der Waals surface area contributed by atoms with E-state index >= 15 is 0 Å².